The fourth-order valence-electron chi connectivity index (χ4n) is 6.06. The lowest BCUT2D eigenvalue weighted by atomic mass is 9.93. The zero-order chi connectivity index (χ0) is 36.9. The molecule has 2 aliphatic rings. The van der Waals surface area contributed by atoms with Crippen LogP contribution in [0.15, 0.2) is 103 Å². The normalized spacial score (nSPS) is 19.0. The van der Waals surface area contributed by atoms with Gasteiger partial charge in [-0.2, -0.15) is 0 Å². The number of cyclic esters (lactones) is 1. The number of hydrogen-bond acceptors (Lipinski definition) is 9. The van der Waals surface area contributed by atoms with Crippen LogP contribution in [0, 0.1) is 18.2 Å². The van der Waals surface area contributed by atoms with E-state index in [2.05, 4.69) is 19.2 Å². The molecule has 52 heavy (non-hydrogen) atoms. The van der Waals surface area contributed by atoms with Gasteiger partial charge in [0.15, 0.2) is 6.61 Å². The van der Waals surface area contributed by atoms with Crippen LogP contribution in [0.1, 0.15) is 48.2 Å². The minimum absolute atomic E-state index is 0.00769. The van der Waals surface area contributed by atoms with Crippen molar-refractivity contribution in [2.24, 2.45) is 5.41 Å². The van der Waals surface area contributed by atoms with E-state index in [0.717, 1.165) is 16.7 Å². The number of carboxylic acid groups (broad SMARTS) is 1. The number of nitrogens with one attached hydrogen (secondary N) is 1. The van der Waals surface area contributed by atoms with E-state index in [1.807, 2.05) is 61.5 Å². The van der Waals surface area contributed by atoms with Gasteiger partial charge in [0, 0.05) is 16.7 Å². The molecular formula is C40H41FN2O8S. The fraction of sp³-hybridized carbons (Fsp3) is 0.325. The Hall–Kier alpha value is -4.91. The van der Waals surface area contributed by atoms with Crippen molar-refractivity contribution in [2.45, 2.75) is 43.9 Å². The standard InChI is InChI=1S/C40H41FN2O8S/c1-26-9-13-29(14-10-26)40(50-23-39(2,3)24-51-40)25-52-36(37(46)43-33(21-49-38(43)47)27-7-5-4-6-8-27)35(42-31-17-15-30(41)16-18-31)28-11-19-32(20-12-28)48-22-34(44)45/h4-20,33,35-36,42H,21-25H2,1-3H3,(H,44,45)/t33-,35+,36-/m1/s1. The molecule has 12 heteroatoms. The number of halogens is 1. The number of benzene rings is 4. The molecule has 0 saturated carbocycles. The Morgan fingerprint density at radius 3 is 2.25 bits per heavy atom. The van der Waals surface area contributed by atoms with Gasteiger partial charge in [-0.15, -0.1) is 11.8 Å². The molecule has 0 bridgehead atoms. The maximum atomic E-state index is 15.0. The van der Waals surface area contributed by atoms with Gasteiger partial charge in [0.2, 0.25) is 11.7 Å². The first-order chi connectivity index (χ1) is 24.9. The molecule has 2 heterocycles. The Morgan fingerprint density at radius 2 is 1.62 bits per heavy atom. The number of aliphatic carboxylic acids is 1. The predicted molar refractivity (Wildman–Crippen MR) is 195 cm³/mol. The van der Waals surface area contributed by atoms with Crippen molar-refractivity contribution < 1.29 is 42.8 Å². The topological polar surface area (TPSA) is 124 Å². The second-order valence-electron chi connectivity index (χ2n) is 13.7. The summed E-state index contributed by atoms with van der Waals surface area (Å²) >= 11 is 1.27. The van der Waals surface area contributed by atoms with Crippen molar-refractivity contribution in [3.63, 3.8) is 0 Å². The molecule has 272 valence electrons. The third kappa shape index (κ3) is 8.58. The number of ether oxygens (including phenoxy) is 4. The van der Waals surface area contributed by atoms with E-state index in [4.69, 9.17) is 24.1 Å². The summed E-state index contributed by atoms with van der Waals surface area (Å²) in [6.07, 6.45) is -0.762. The van der Waals surface area contributed by atoms with Gasteiger partial charge in [-0.25, -0.2) is 18.9 Å². The van der Waals surface area contributed by atoms with Gasteiger partial charge in [0.1, 0.15) is 29.5 Å². The molecule has 4 aromatic rings. The van der Waals surface area contributed by atoms with Gasteiger partial charge in [-0.3, -0.25) is 4.79 Å². The average Bonchev–Trinajstić information content (AvgIpc) is 3.53. The third-order valence-corrected chi connectivity index (χ3v) is 10.3. The SMILES string of the molecule is Cc1ccc(C2(CS[C@@H](C(=O)N3C(=O)OC[C@@H]3c3ccccc3)[C@@H](Nc3ccc(F)cc3)c3ccc(OCC(=O)O)cc3)OCC(C)(C)CO2)cc1. The number of nitrogens with zero attached hydrogens (tertiary/aromatic N) is 1. The quantitative estimate of drug-likeness (QED) is 0.143. The van der Waals surface area contributed by atoms with Crippen LogP contribution in [0.25, 0.3) is 0 Å². The molecule has 2 fully saturated rings. The zero-order valence-electron chi connectivity index (χ0n) is 29.1. The number of hydrogen-bond donors (Lipinski definition) is 2. The number of carboxylic acids is 1. The van der Waals surface area contributed by atoms with Crippen LogP contribution in [0.5, 0.6) is 5.75 Å². The highest BCUT2D eigenvalue weighted by atomic mass is 32.2. The van der Waals surface area contributed by atoms with E-state index in [9.17, 15) is 14.0 Å². The molecule has 0 aromatic heterocycles. The molecule has 0 spiro atoms. The van der Waals surface area contributed by atoms with Gasteiger partial charge in [-0.1, -0.05) is 86.1 Å². The van der Waals surface area contributed by atoms with E-state index in [-0.39, 0.29) is 17.8 Å². The summed E-state index contributed by atoms with van der Waals surface area (Å²) in [5, 5.41) is 11.5. The van der Waals surface area contributed by atoms with Crippen molar-refractivity contribution in [1.29, 1.82) is 0 Å². The van der Waals surface area contributed by atoms with Crippen molar-refractivity contribution in [3.05, 3.63) is 131 Å². The van der Waals surface area contributed by atoms with Crippen LogP contribution < -0.4 is 10.1 Å². The summed E-state index contributed by atoms with van der Waals surface area (Å²) < 4.78 is 38.0. The fourth-order valence-corrected chi connectivity index (χ4v) is 7.46. The number of anilines is 1. The molecular weight excluding hydrogens is 688 g/mol. The maximum Gasteiger partial charge on any atom is 0.417 e. The first kappa shape index (κ1) is 36.9. The smallest absolute Gasteiger partial charge is 0.417 e. The lowest BCUT2D eigenvalue weighted by molar-refractivity contribution is -0.295. The van der Waals surface area contributed by atoms with Crippen LogP contribution in [-0.4, -0.2) is 65.4 Å². The highest BCUT2D eigenvalue weighted by Crippen LogP contribution is 2.43. The first-order valence-corrected chi connectivity index (χ1v) is 18.0. The Morgan fingerprint density at radius 1 is 0.962 bits per heavy atom. The van der Waals surface area contributed by atoms with Gasteiger partial charge >= 0.3 is 12.1 Å². The number of amides is 2. The molecule has 0 unspecified atom stereocenters. The number of carbonyl (C=O) groups is 3. The highest BCUT2D eigenvalue weighted by Gasteiger charge is 2.48. The molecule has 10 nitrogen and oxygen atoms in total. The molecule has 2 amide bonds. The van der Waals surface area contributed by atoms with E-state index in [1.165, 1.54) is 28.8 Å². The van der Waals surface area contributed by atoms with Crippen LogP contribution in [0.3, 0.4) is 0 Å². The molecule has 3 atom stereocenters. The number of rotatable bonds is 13. The lowest BCUT2D eigenvalue weighted by Crippen LogP contribution is -2.49. The summed E-state index contributed by atoms with van der Waals surface area (Å²) in [7, 11) is 0. The van der Waals surface area contributed by atoms with Gasteiger partial charge in [-0.05, 0) is 54.4 Å². The number of aryl methyl sites for hydroxylation is 1. The van der Waals surface area contributed by atoms with Crippen molar-refractivity contribution in [2.75, 3.05) is 37.5 Å². The molecule has 0 radical (unpaired) electrons. The monoisotopic (exact) mass is 728 g/mol. The number of imide groups is 1. The largest absolute Gasteiger partial charge is 0.482 e. The summed E-state index contributed by atoms with van der Waals surface area (Å²) in [4.78, 5) is 40.8. The maximum absolute atomic E-state index is 15.0. The summed E-state index contributed by atoms with van der Waals surface area (Å²) in [6.45, 7) is 6.39. The third-order valence-electron chi connectivity index (χ3n) is 8.95. The predicted octanol–water partition coefficient (Wildman–Crippen LogP) is 7.50. The summed E-state index contributed by atoms with van der Waals surface area (Å²) in [6, 6.07) is 28.1. The second kappa shape index (κ2) is 15.8. The van der Waals surface area contributed by atoms with Gasteiger partial charge < -0.3 is 29.4 Å². The number of thioether (sulfide) groups is 1. The number of carbonyl (C=O) groups excluding carboxylic acids is 2. The van der Waals surface area contributed by atoms with Crippen molar-refractivity contribution in [1.82, 2.24) is 4.90 Å². The zero-order valence-corrected chi connectivity index (χ0v) is 29.9. The van der Waals surface area contributed by atoms with Crippen LogP contribution in [0.4, 0.5) is 14.9 Å². The van der Waals surface area contributed by atoms with Gasteiger partial charge in [0.05, 0.1) is 25.0 Å². The summed E-state index contributed by atoms with van der Waals surface area (Å²) in [5.74, 6) is -2.79. The van der Waals surface area contributed by atoms with E-state index < -0.39 is 53.5 Å². The van der Waals surface area contributed by atoms with Crippen molar-refractivity contribution in [3.8, 4) is 5.75 Å². The molecule has 2 N–H and O–H groups in total. The van der Waals surface area contributed by atoms with E-state index >= 15 is 4.79 Å². The van der Waals surface area contributed by atoms with Crippen molar-refractivity contribution >= 4 is 35.4 Å². The van der Waals surface area contributed by atoms with E-state index in [0.29, 0.717) is 30.2 Å². The van der Waals surface area contributed by atoms with E-state index in [1.54, 1.807) is 36.4 Å². The first-order valence-electron chi connectivity index (χ1n) is 16.9. The Balaban J connectivity index is 1.43. The Bertz CT molecular complexity index is 1850. The summed E-state index contributed by atoms with van der Waals surface area (Å²) in [5.41, 5.74) is 3.50. The minimum atomic E-state index is -1.22. The lowest BCUT2D eigenvalue weighted by Gasteiger charge is -2.44. The molecule has 2 saturated heterocycles. The molecule has 0 aliphatic carbocycles. The van der Waals surface area contributed by atoms with Crippen LogP contribution >= 0.6 is 11.8 Å². The van der Waals surface area contributed by atoms with Gasteiger partial charge in [0.25, 0.3) is 0 Å². The second-order valence-corrected chi connectivity index (χ2v) is 14.8. The highest BCUT2D eigenvalue weighted by molar-refractivity contribution is 8.00. The molecule has 4 aromatic carbocycles. The average molecular weight is 729 g/mol. The minimum Gasteiger partial charge on any atom is -0.482 e. The molecule has 2 aliphatic heterocycles. The molecule has 6 rings (SSSR count). The Kier molecular flexibility index (Phi) is 11.2. The van der Waals surface area contributed by atoms with Crippen LogP contribution in [0.2, 0.25) is 0 Å². The Labute approximate surface area is 306 Å². The van der Waals surface area contributed by atoms with Crippen LogP contribution in [-0.2, 0) is 29.6 Å².